The fourth-order valence-electron chi connectivity index (χ4n) is 5.00. The minimum Gasteiger partial charge on any atom is -0.480 e. The predicted octanol–water partition coefficient (Wildman–Crippen LogP) is 4.37. The van der Waals surface area contributed by atoms with Crippen molar-refractivity contribution in [3.63, 3.8) is 0 Å². The Morgan fingerprint density at radius 2 is 1.93 bits per heavy atom. The molecule has 3 heterocycles. The summed E-state index contributed by atoms with van der Waals surface area (Å²) < 4.78 is 30.9. The molecule has 2 aromatic carbocycles. The third-order valence-electron chi connectivity index (χ3n) is 7.02. The summed E-state index contributed by atoms with van der Waals surface area (Å²) >= 11 is 13.1. The van der Waals surface area contributed by atoms with E-state index in [4.69, 9.17) is 27.6 Å². The zero-order chi connectivity index (χ0) is 30.2. The van der Waals surface area contributed by atoms with Crippen molar-refractivity contribution in [3.05, 3.63) is 99.1 Å². The molecule has 218 valence electrons. The zero-order valence-electron chi connectivity index (χ0n) is 22.2. The number of para-hydroxylation sites is 1. The summed E-state index contributed by atoms with van der Waals surface area (Å²) in [6, 6.07) is 10.3. The van der Waals surface area contributed by atoms with Crippen LogP contribution in [0.1, 0.15) is 32.8 Å². The van der Waals surface area contributed by atoms with Crippen LogP contribution in [-0.2, 0) is 39.0 Å². The third-order valence-corrected chi connectivity index (χ3v) is 8.75. The molecule has 0 saturated carbocycles. The van der Waals surface area contributed by atoms with E-state index in [2.05, 4.69) is 5.32 Å². The van der Waals surface area contributed by atoms with Crippen molar-refractivity contribution >= 4 is 68.0 Å². The summed E-state index contributed by atoms with van der Waals surface area (Å²) in [5, 5.41) is 13.1. The lowest BCUT2D eigenvalue weighted by molar-refractivity contribution is -0.139. The van der Waals surface area contributed by atoms with Crippen molar-refractivity contribution in [1.82, 2.24) is 14.2 Å². The standard InChI is InChI=1S/C29H25Cl2N3O7S/c1-42(39,40)34-16-18(20-6-2-3-7-24(20)34)14-23(29(37)38)32-28(36)26-22(30)13-17-15-33(11-10-21(17)27(26)31)25(35)9-8-19-5-4-12-41-19/h2-9,12-13,16,23H,10-11,14-15H2,1H3,(H,32,36)(H,37,38)/b9-8+/t23-/m0/s1. The molecule has 0 aliphatic carbocycles. The van der Waals surface area contributed by atoms with E-state index in [9.17, 15) is 27.9 Å². The number of aliphatic carboxylic acids is 1. The summed E-state index contributed by atoms with van der Waals surface area (Å²) in [5.74, 6) is -1.79. The molecule has 0 bridgehead atoms. The van der Waals surface area contributed by atoms with Gasteiger partial charge in [-0.25, -0.2) is 17.2 Å². The number of amides is 2. The monoisotopic (exact) mass is 629 g/mol. The maximum absolute atomic E-state index is 13.3. The van der Waals surface area contributed by atoms with Crippen LogP contribution in [0.25, 0.3) is 17.0 Å². The summed E-state index contributed by atoms with van der Waals surface area (Å²) in [4.78, 5) is 39.8. The molecule has 2 amide bonds. The van der Waals surface area contributed by atoms with Crippen LogP contribution in [-0.4, -0.2) is 59.0 Å². The molecule has 10 nitrogen and oxygen atoms in total. The number of carboxylic acids is 1. The molecule has 1 aliphatic heterocycles. The van der Waals surface area contributed by atoms with Gasteiger partial charge in [0.25, 0.3) is 5.91 Å². The van der Waals surface area contributed by atoms with Gasteiger partial charge in [-0.1, -0.05) is 41.4 Å². The molecule has 0 fully saturated rings. The Bertz CT molecular complexity index is 1850. The molecule has 0 radical (unpaired) electrons. The van der Waals surface area contributed by atoms with Crippen LogP contribution in [0.3, 0.4) is 0 Å². The van der Waals surface area contributed by atoms with Gasteiger partial charge in [0.2, 0.25) is 15.9 Å². The highest BCUT2D eigenvalue weighted by atomic mass is 35.5. The first-order valence-corrected chi connectivity index (χ1v) is 15.4. The highest BCUT2D eigenvalue weighted by Gasteiger charge is 2.30. The van der Waals surface area contributed by atoms with E-state index in [-0.39, 0.29) is 34.5 Å². The van der Waals surface area contributed by atoms with Gasteiger partial charge in [0.05, 0.1) is 33.6 Å². The number of benzene rings is 2. The number of carbonyl (C=O) groups excluding carboxylic acids is 2. The highest BCUT2D eigenvalue weighted by Crippen LogP contribution is 2.35. The van der Waals surface area contributed by atoms with Crippen LogP contribution < -0.4 is 5.32 Å². The molecule has 0 unspecified atom stereocenters. The van der Waals surface area contributed by atoms with E-state index in [0.717, 1.165) is 10.2 Å². The van der Waals surface area contributed by atoms with Gasteiger partial charge in [0.1, 0.15) is 11.8 Å². The molecule has 42 heavy (non-hydrogen) atoms. The Hall–Kier alpha value is -4.06. The second kappa shape index (κ2) is 11.7. The fourth-order valence-corrected chi connectivity index (χ4v) is 6.60. The molecule has 0 spiro atoms. The molecular weight excluding hydrogens is 605 g/mol. The summed E-state index contributed by atoms with van der Waals surface area (Å²) in [6.07, 6.45) is 7.07. The number of carbonyl (C=O) groups is 3. The van der Waals surface area contributed by atoms with Crippen molar-refractivity contribution in [3.8, 4) is 0 Å². The molecule has 2 N–H and O–H groups in total. The van der Waals surface area contributed by atoms with Crippen LogP contribution in [0.2, 0.25) is 10.0 Å². The van der Waals surface area contributed by atoms with Gasteiger partial charge in [0, 0.05) is 37.2 Å². The number of rotatable bonds is 8. The van der Waals surface area contributed by atoms with Crippen molar-refractivity contribution in [1.29, 1.82) is 0 Å². The molecule has 0 saturated heterocycles. The van der Waals surface area contributed by atoms with Gasteiger partial charge in [-0.3, -0.25) is 9.59 Å². The Labute approximate surface area is 251 Å². The Morgan fingerprint density at radius 1 is 1.17 bits per heavy atom. The van der Waals surface area contributed by atoms with Crippen molar-refractivity contribution < 1.29 is 32.3 Å². The average Bonchev–Trinajstić information content (AvgIpc) is 3.59. The Kier molecular flexibility index (Phi) is 8.18. The fraction of sp³-hybridized carbons (Fsp3) is 0.207. The van der Waals surface area contributed by atoms with Gasteiger partial charge in [-0.15, -0.1) is 0 Å². The van der Waals surface area contributed by atoms with Crippen LogP contribution in [0.4, 0.5) is 0 Å². The lowest BCUT2D eigenvalue weighted by atomic mass is 9.96. The largest absolute Gasteiger partial charge is 0.480 e. The van der Waals surface area contributed by atoms with E-state index in [1.807, 2.05) is 0 Å². The number of fused-ring (bicyclic) bond motifs is 2. The first kappa shape index (κ1) is 29.4. The number of nitrogens with one attached hydrogen (secondary N) is 1. The number of hydrogen-bond acceptors (Lipinski definition) is 6. The third kappa shape index (κ3) is 5.94. The number of carboxylic acid groups (broad SMARTS) is 1. The Balaban J connectivity index is 1.36. The average molecular weight is 631 g/mol. The molecular formula is C29H25Cl2N3O7S. The predicted molar refractivity (Wildman–Crippen MR) is 158 cm³/mol. The lowest BCUT2D eigenvalue weighted by Gasteiger charge is -2.29. The normalized spacial score (nSPS) is 14.2. The minimum atomic E-state index is -3.66. The van der Waals surface area contributed by atoms with Gasteiger partial charge in [-0.05, 0) is 53.5 Å². The number of hydrogen-bond donors (Lipinski definition) is 2. The summed E-state index contributed by atoms with van der Waals surface area (Å²) in [6.45, 7) is 0.568. The first-order chi connectivity index (χ1) is 19.9. The van der Waals surface area contributed by atoms with Gasteiger partial charge in [0.15, 0.2) is 0 Å². The van der Waals surface area contributed by atoms with E-state index in [0.29, 0.717) is 46.3 Å². The van der Waals surface area contributed by atoms with Crippen LogP contribution in [0.5, 0.6) is 0 Å². The highest BCUT2D eigenvalue weighted by molar-refractivity contribution is 7.89. The van der Waals surface area contributed by atoms with Crippen LogP contribution >= 0.6 is 23.2 Å². The number of nitrogens with zero attached hydrogens (tertiary/aromatic N) is 2. The maximum atomic E-state index is 13.3. The molecule has 2 aromatic heterocycles. The summed E-state index contributed by atoms with van der Waals surface area (Å²) in [5.41, 5.74) is 2.08. The topological polar surface area (TPSA) is 139 Å². The number of furan rings is 1. The smallest absolute Gasteiger partial charge is 0.326 e. The van der Waals surface area contributed by atoms with Gasteiger partial charge >= 0.3 is 5.97 Å². The van der Waals surface area contributed by atoms with Gasteiger partial charge in [-0.2, -0.15) is 0 Å². The van der Waals surface area contributed by atoms with E-state index < -0.39 is 27.9 Å². The zero-order valence-corrected chi connectivity index (χ0v) is 24.5. The second-order valence-electron chi connectivity index (χ2n) is 9.84. The molecule has 1 aliphatic rings. The number of aromatic nitrogens is 1. The van der Waals surface area contributed by atoms with Crippen molar-refractivity contribution in [2.24, 2.45) is 0 Å². The Morgan fingerprint density at radius 3 is 2.62 bits per heavy atom. The minimum absolute atomic E-state index is 0.00879. The van der Waals surface area contributed by atoms with E-state index in [1.54, 1.807) is 53.4 Å². The maximum Gasteiger partial charge on any atom is 0.326 e. The van der Waals surface area contributed by atoms with Crippen LogP contribution in [0, 0.1) is 0 Å². The SMILES string of the molecule is CS(=O)(=O)n1cc(C[C@H](NC(=O)c2c(Cl)cc3c(c2Cl)CCN(C(=O)/C=C/c2ccco2)C3)C(=O)O)c2ccccc21. The van der Waals surface area contributed by atoms with Crippen molar-refractivity contribution in [2.45, 2.75) is 25.4 Å². The lowest BCUT2D eigenvalue weighted by Crippen LogP contribution is -2.42. The van der Waals surface area contributed by atoms with Gasteiger partial charge < -0.3 is 19.7 Å². The quantitative estimate of drug-likeness (QED) is 0.276. The van der Waals surface area contributed by atoms with Crippen LogP contribution in [0.15, 0.2) is 65.4 Å². The van der Waals surface area contributed by atoms with E-state index in [1.165, 1.54) is 18.5 Å². The van der Waals surface area contributed by atoms with E-state index >= 15 is 0 Å². The van der Waals surface area contributed by atoms with Crippen molar-refractivity contribution in [2.75, 3.05) is 12.8 Å². The molecule has 13 heteroatoms. The molecule has 4 aromatic rings. The molecule has 1 atom stereocenters. The summed E-state index contributed by atoms with van der Waals surface area (Å²) in [7, 11) is -3.66. The second-order valence-corrected chi connectivity index (χ2v) is 12.5. The first-order valence-electron chi connectivity index (χ1n) is 12.8. The molecule has 5 rings (SSSR count). The number of halogens is 2.